The first-order chi connectivity index (χ1) is 15.1. The number of allylic oxidation sites excluding steroid dienone is 1. The second-order valence-corrected chi connectivity index (χ2v) is 7.01. The minimum absolute atomic E-state index is 0.0105. The first-order valence-electron chi connectivity index (χ1n) is 9.74. The van der Waals surface area contributed by atoms with Crippen LogP contribution in [-0.2, 0) is 0 Å². The molecule has 1 amide bonds. The van der Waals surface area contributed by atoms with Gasteiger partial charge >= 0.3 is 6.01 Å². The van der Waals surface area contributed by atoms with Crippen LogP contribution in [0.25, 0.3) is 10.9 Å². The highest BCUT2D eigenvalue weighted by atomic mass is 16.5. The molecule has 3 aromatic rings. The number of fused-ring (bicyclic) bond motifs is 1. The van der Waals surface area contributed by atoms with Gasteiger partial charge in [0.05, 0.1) is 29.5 Å². The monoisotopic (exact) mass is 416 g/mol. The van der Waals surface area contributed by atoms with Crippen molar-refractivity contribution < 1.29 is 9.53 Å². The third-order valence-corrected chi connectivity index (χ3v) is 4.88. The number of H-pyrrole nitrogens is 1. The van der Waals surface area contributed by atoms with Gasteiger partial charge in [-0.2, -0.15) is 4.98 Å². The summed E-state index contributed by atoms with van der Waals surface area (Å²) in [6, 6.07) is 10.7. The molecule has 1 fully saturated rings. The van der Waals surface area contributed by atoms with Gasteiger partial charge in [-0.25, -0.2) is 0 Å². The highest BCUT2D eigenvalue weighted by Crippen LogP contribution is 2.17. The largest absolute Gasteiger partial charge is 0.422 e. The topological polar surface area (TPSA) is 124 Å². The smallest absolute Gasteiger partial charge is 0.302 e. The average Bonchev–Trinajstić information content (AvgIpc) is 3.27. The first-order valence-corrected chi connectivity index (χ1v) is 9.74. The Hall–Kier alpha value is -4.14. The minimum Gasteiger partial charge on any atom is -0.422 e. The summed E-state index contributed by atoms with van der Waals surface area (Å²) >= 11 is 0. The number of benzene rings is 1. The predicted molar refractivity (Wildman–Crippen MR) is 117 cm³/mol. The number of aliphatic imine (C=N–C) groups is 1. The molecule has 9 heteroatoms. The molecule has 0 radical (unpaired) electrons. The zero-order chi connectivity index (χ0) is 21.6. The maximum Gasteiger partial charge on any atom is 0.302 e. The molecule has 4 rings (SSSR count). The van der Waals surface area contributed by atoms with Crippen molar-refractivity contribution in [2.75, 3.05) is 13.1 Å². The number of nitrogens with zero attached hydrogens (tertiary/aromatic N) is 4. The van der Waals surface area contributed by atoms with Crippen LogP contribution in [0, 0.1) is 11.3 Å². The molecule has 0 spiro atoms. The summed E-state index contributed by atoms with van der Waals surface area (Å²) in [5.41, 5.74) is 0.708. The van der Waals surface area contributed by atoms with Gasteiger partial charge in [0.25, 0.3) is 11.5 Å². The molecule has 1 aliphatic rings. The van der Waals surface area contributed by atoms with Gasteiger partial charge in [0.1, 0.15) is 0 Å². The van der Waals surface area contributed by atoms with E-state index in [1.54, 1.807) is 24.4 Å². The van der Waals surface area contributed by atoms with Crippen LogP contribution in [-0.4, -0.2) is 51.3 Å². The fourth-order valence-electron chi connectivity index (χ4n) is 3.32. The molecule has 1 saturated heterocycles. The third-order valence-electron chi connectivity index (χ3n) is 4.88. The number of likely N-dealkylation sites (tertiary alicyclic amines) is 1. The van der Waals surface area contributed by atoms with E-state index in [1.165, 1.54) is 18.6 Å². The molecule has 3 heterocycles. The van der Waals surface area contributed by atoms with E-state index in [1.807, 2.05) is 23.1 Å². The summed E-state index contributed by atoms with van der Waals surface area (Å²) in [6.45, 7) is 1.25. The van der Waals surface area contributed by atoms with E-state index in [-0.39, 0.29) is 29.2 Å². The van der Waals surface area contributed by atoms with Crippen molar-refractivity contribution in [3.05, 3.63) is 76.7 Å². The predicted octanol–water partition coefficient (Wildman–Crippen LogP) is 2.42. The number of ether oxygens (including phenoxy) is 1. The Bertz CT molecular complexity index is 1220. The quantitative estimate of drug-likeness (QED) is 0.472. The van der Waals surface area contributed by atoms with E-state index >= 15 is 0 Å². The lowest BCUT2D eigenvalue weighted by Gasteiger charge is -2.15. The number of carbonyl (C=O) groups excluding carboxylic acids is 1. The van der Waals surface area contributed by atoms with E-state index in [0.717, 1.165) is 12.6 Å². The van der Waals surface area contributed by atoms with Gasteiger partial charge in [0, 0.05) is 37.0 Å². The van der Waals surface area contributed by atoms with Gasteiger partial charge in [-0.3, -0.25) is 24.5 Å². The van der Waals surface area contributed by atoms with Crippen LogP contribution in [0.15, 0.2) is 70.5 Å². The van der Waals surface area contributed by atoms with Crippen molar-refractivity contribution in [2.24, 2.45) is 10.9 Å². The second-order valence-electron chi connectivity index (χ2n) is 7.01. The van der Waals surface area contributed by atoms with Gasteiger partial charge in [0.15, 0.2) is 5.76 Å². The molecule has 156 valence electrons. The highest BCUT2D eigenvalue weighted by Gasteiger charge is 2.25. The molecule has 0 bridgehead atoms. The lowest BCUT2D eigenvalue weighted by atomic mass is 10.1. The number of amides is 1. The van der Waals surface area contributed by atoms with Crippen LogP contribution in [0.2, 0.25) is 0 Å². The zero-order valence-corrected chi connectivity index (χ0v) is 16.6. The number of rotatable bonds is 6. The summed E-state index contributed by atoms with van der Waals surface area (Å²) in [5.74, 6) is 0.231. The molecule has 1 aromatic carbocycles. The van der Waals surface area contributed by atoms with Gasteiger partial charge in [-0.15, -0.1) is 0 Å². The Morgan fingerprint density at radius 2 is 2.13 bits per heavy atom. The van der Waals surface area contributed by atoms with E-state index in [2.05, 4.69) is 19.9 Å². The van der Waals surface area contributed by atoms with Gasteiger partial charge in [0.2, 0.25) is 0 Å². The highest BCUT2D eigenvalue weighted by molar-refractivity contribution is 5.94. The van der Waals surface area contributed by atoms with E-state index in [9.17, 15) is 9.59 Å². The van der Waals surface area contributed by atoms with Gasteiger partial charge < -0.3 is 15.0 Å². The molecule has 31 heavy (non-hydrogen) atoms. The lowest BCUT2D eigenvalue weighted by molar-refractivity contribution is 0.0790. The summed E-state index contributed by atoms with van der Waals surface area (Å²) in [4.78, 5) is 41.3. The third kappa shape index (κ3) is 4.72. The number of hydrogen-bond donors (Lipinski definition) is 2. The molecule has 2 aromatic heterocycles. The number of aromatic nitrogens is 3. The Morgan fingerprint density at radius 3 is 2.94 bits per heavy atom. The SMILES string of the molecule is N=C/C(=C\N=CC1CCN(C(=O)c2ccccc2)C1)Oc1nc2cnccc2c(=O)[nH]1. The molecule has 1 unspecified atom stereocenters. The first kappa shape index (κ1) is 20.1. The summed E-state index contributed by atoms with van der Waals surface area (Å²) in [5, 5.41) is 7.92. The van der Waals surface area contributed by atoms with Crippen LogP contribution < -0.4 is 10.3 Å². The van der Waals surface area contributed by atoms with Crippen LogP contribution >= 0.6 is 0 Å². The molecule has 0 saturated carbocycles. The molecule has 1 aliphatic heterocycles. The van der Waals surface area contributed by atoms with Gasteiger partial charge in [-0.05, 0) is 24.6 Å². The average molecular weight is 416 g/mol. The number of aromatic amines is 1. The summed E-state index contributed by atoms with van der Waals surface area (Å²) in [7, 11) is 0. The summed E-state index contributed by atoms with van der Waals surface area (Å²) < 4.78 is 5.48. The number of carbonyl (C=O) groups is 1. The van der Waals surface area contributed by atoms with Crippen molar-refractivity contribution in [3.8, 4) is 6.01 Å². The van der Waals surface area contributed by atoms with E-state index in [0.29, 0.717) is 29.6 Å². The van der Waals surface area contributed by atoms with Crippen LogP contribution in [0.5, 0.6) is 6.01 Å². The van der Waals surface area contributed by atoms with Crippen LogP contribution in [0.3, 0.4) is 0 Å². The van der Waals surface area contributed by atoms with E-state index in [4.69, 9.17) is 10.1 Å². The van der Waals surface area contributed by atoms with E-state index < -0.39 is 0 Å². The number of nitrogens with one attached hydrogen (secondary N) is 2. The lowest BCUT2D eigenvalue weighted by Crippen LogP contribution is -2.28. The Balaban J connectivity index is 1.40. The second kappa shape index (κ2) is 9.12. The zero-order valence-electron chi connectivity index (χ0n) is 16.6. The molecule has 2 N–H and O–H groups in total. The Kier molecular flexibility index (Phi) is 5.93. The Labute approximate surface area is 177 Å². The van der Waals surface area contributed by atoms with Crippen molar-refractivity contribution in [1.82, 2.24) is 19.9 Å². The fourth-order valence-corrected chi connectivity index (χ4v) is 3.32. The molecule has 9 nitrogen and oxygen atoms in total. The molecule has 0 aliphatic carbocycles. The normalized spacial score (nSPS) is 16.7. The maximum absolute atomic E-state index is 12.5. The Morgan fingerprint density at radius 1 is 1.29 bits per heavy atom. The molecular formula is C22H20N6O3. The summed E-state index contributed by atoms with van der Waals surface area (Å²) in [6.07, 6.45) is 7.88. The minimum atomic E-state index is -0.357. The number of pyridine rings is 1. The van der Waals surface area contributed by atoms with Crippen molar-refractivity contribution in [3.63, 3.8) is 0 Å². The standard InChI is InChI=1S/C22H20N6O3/c23-10-17(31-22-26-19-13-24-8-6-18(19)20(29)27-22)12-25-11-15-7-9-28(14-15)21(30)16-4-2-1-3-5-16/h1-6,8,10-13,15,23H,7,9,14H2,(H,26,27,29)/b17-12+,23-10?,25-11?. The molecular weight excluding hydrogens is 396 g/mol. The van der Waals surface area contributed by atoms with Crippen LogP contribution in [0.4, 0.5) is 0 Å². The van der Waals surface area contributed by atoms with Gasteiger partial charge in [-0.1, -0.05) is 18.2 Å². The van der Waals surface area contributed by atoms with Crippen molar-refractivity contribution in [1.29, 1.82) is 5.41 Å². The number of hydrogen-bond acceptors (Lipinski definition) is 7. The van der Waals surface area contributed by atoms with Crippen molar-refractivity contribution >= 4 is 29.2 Å². The van der Waals surface area contributed by atoms with Crippen molar-refractivity contribution in [2.45, 2.75) is 6.42 Å². The molecule has 1 atom stereocenters. The maximum atomic E-state index is 12.5. The van der Waals surface area contributed by atoms with Crippen LogP contribution in [0.1, 0.15) is 16.8 Å². The fraction of sp³-hybridized carbons (Fsp3) is 0.182.